The van der Waals surface area contributed by atoms with Gasteiger partial charge in [-0.05, 0) is 53.6 Å². The first-order valence-electron chi connectivity index (χ1n) is 9.83. The maximum atomic E-state index is 6.95. The molecule has 0 fully saturated rings. The van der Waals surface area contributed by atoms with E-state index in [-0.39, 0.29) is 0 Å². The van der Waals surface area contributed by atoms with E-state index in [4.69, 9.17) is 46.4 Å². The van der Waals surface area contributed by atoms with Crippen molar-refractivity contribution in [3.8, 4) is 0 Å². The van der Waals surface area contributed by atoms with Crippen LogP contribution in [0.3, 0.4) is 0 Å². The van der Waals surface area contributed by atoms with Crippen LogP contribution in [-0.2, 0) is 0 Å². The van der Waals surface area contributed by atoms with Crippen molar-refractivity contribution >= 4 is 147 Å². The molecule has 0 radical (unpaired) electrons. The molecule has 6 heteroatoms. The van der Waals surface area contributed by atoms with Crippen LogP contribution < -0.4 is 10.4 Å². The molecular weight excluding hydrogens is 518 g/mol. The minimum atomic E-state index is 0.396. The monoisotopic (exact) mass is 526 g/mol. The fourth-order valence-corrected chi connectivity index (χ4v) is 7.30. The van der Waals surface area contributed by atoms with Crippen LogP contribution in [0.5, 0.6) is 0 Å². The molecule has 0 aromatic heterocycles. The SMILES string of the molecule is SC=c1c(=CS)c2c(Cl)c(Cl)c3c(Cl)c(Cl)c4ccc5ccc6ccc1c1c6c5c4c3c21. The molecule has 0 unspecified atom stereocenters. The summed E-state index contributed by atoms with van der Waals surface area (Å²) in [5, 5.41) is 19.5. The van der Waals surface area contributed by atoms with Crippen molar-refractivity contribution in [3.05, 3.63) is 66.9 Å². The Labute approximate surface area is 212 Å². The van der Waals surface area contributed by atoms with Crippen LogP contribution in [0.4, 0.5) is 0 Å². The van der Waals surface area contributed by atoms with E-state index >= 15 is 0 Å². The second-order valence-corrected chi connectivity index (χ2v) is 10.1. The maximum absolute atomic E-state index is 6.95. The highest BCUT2D eigenvalue weighted by atomic mass is 35.5. The van der Waals surface area contributed by atoms with E-state index in [0.29, 0.717) is 25.5 Å². The van der Waals surface area contributed by atoms with Crippen LogP contribution >= 0.6 is 71.7 Å². The van der Waals surface area contributed by atoms with Gasteiger partial charge in [-0.3, -0.25) is 0 Å². The van der Waals surface area contributed by atoms with Crippen molar-refractivity contribution in [2.45, 2.75) is 0 Å². The second-order valence-electron chi connectivity index (χ2n) is 8.08. The van der Waals surface area contributed by atoms with E-state index in [0.717, 1.165) is 64.3 Å². The molecule has 0 saturated carbocycles. The lowest BCUT2D eigenvalue weighted by Crippen LogP contribution is -2.26. The van der Waals surface area contributed by atoms with E-state index in [2.05, 4.69) is 55.6 Å². The average Bonchev–Trinajstić information content (AvgIpc) is 2.82. The largest absolute Gasteiger partial charge is 0.151 e. The highest BCUT2D eigenvalue weighted by Crippen LogP contribution is 2.54. The highest BCUT2D eigenvalue weighted by Gasteiger charge is 2.27. The van der Waals surface area contributed by atoms with Gasteiger partial charge in [0, 0.05) is 32.3 Å². The van der Waals surface area contributed by atoms with Crippen molar-refractivity contribution in [1.82, 2.24) is 0 Å². The molecule has 7 aromatic rings. The molecule has 32 heavy (non-hydrogen) atoms. The lowest BCUT2D eigenvalue weighted by atomic mass is 9.82. The van der Waals surface area contributed by atoms with Crippen LogP contribution in [0.25, 0.3) is 75.5 Å². The van der Waals surface area contributed by atoms with E-state index in [1.807, 2.05) is 11.5 Å². The molecule has 0 bridgehead atoms. The number of hydrogen-bond donors (Lipinski definition) is 2. The van der Waals surface area contributed by atoms with Gasteiger partial charge in [0.15, 0.2) is 0 Å². The molecule has 7 rings (SSSR count). The Bertz CT molecular complexity index is 2040. The molecule has 154 valence electrons. The first-order valence-corrected chi connectivity index (χ1v) is 12.4. The molecular formula is C26H10Cl4S2. The predicted molar refractivity (Wildman–Crippen MR) is 151 cm³/mol. The van der Waals surface area contributed by atoms with Crippen LogP contribution in [0.1, 0.15) is 0 Å². The molecule has 0 amide bonds. The Balaban J connectivity index is 2.12. The zero-order chi connectivity index (χ0) is 22.0. The summed E-state index contributed by atoms with van der Waals surface area (Å²) in [6.45, 7) is 0. The van der Waals surface area contributed by atoms with E-state index in [9.17, 15) is 0 Å². The molecule has 0 atom stereocenters. The predicted octanol–water partition coefficient (Wildman–Crippen LogP) is 8.87. The van der Waals surface area contributed by atoms with E-state index in [1.165, 1.54) is 5.39 Å². The minimum absolute atomic E-state index is 0.396. The molecule has 0 saturated heterocycles. The van der Waals surface area contributed by atoms with Gasteiger partial charge in [-0.15, -0.1) is 0 Å². The van der Waals surface area contributed by atoms with Gasteiger partial charge in [-0.2, -0.15) is 25.3 Å². The Kier molecular flexibility index (Phi) is 4.07. The van der Waals surface area contributed by atoms with Crippen LogP contribution in [0.2, 0.25) is 20.1 Å². The minimum Gasteiger partial charge on any atom is -0.151 e. The summed E-state index contributed by atoms with van der Waals surface area (Å²) in [6, 6.07) is 12.8. The molecule has 0 N–H and O–H groups in total. The maximum Gasteiger partial charge on any atom is 0.0693 e. The number of rotatable bonds is 0. The van der Waals surface area contributed by atoms with Gasteiger partial charge in [0.1, 0.15) is 0 Å². The number of benzene rings is 7. The van der Waals surface area contributed by atoms with Gasteiger partial charge < -0.3 is 0 Å². The molecule has 0 aliphatic carbocycles. The smallest absolute Gasteiger partial charge is 0.0693 e. The van der Waals surface area contributed by atoms with Crippen LogP contribution in [-0.4, -0.2) is 0 Å². The molecule has 0 spiro atoms. The zero-order valence-corrected chi connectivity index (χ0v) is 20.8. The van der Waals surface area contributed by atoms with Crippen molar-refractivity contribution in [1.29, 1.82) is 0 Å². The van der Waals surface area contributed by atoms with Gasteiger partial charge in [0.05, 0.1) is 20.1 Å². The molecule has 0 aliphatic rings. The average molecular weight is 528 g/mol. The summed E-state index contributed by atoms with van der Waals surface area (Å²) < 4.78 is 0. The van der Waals surface area contributed by atoms with Gasteiger partial charge in [-0.25, -0.2) is 0 Å². The topological polar surface area (TPSA) is 0 Å². The third kappa shape index (κ3) is 2.09. The third-order valence-corrected chi connectivity index (χ3v) is 9.04. The van der Waals surface area contributed by atoms with Gasteiger partial charge >= 0.3 is 0 Å². The Morgan fingerprint density at radius 1 is 0.438 bits per heavy atom. The standard InChI is InChI=1S/C26H10Cl4S2/c27-23-12-6-4-10-2-1-9-3-5-11-13(7-31)14(8-32)19-20-17(11)15(9)16(10)18(12)21(20)22(25(23)29)26(30)24(19)28/h1-8,31-32H. The molecule has 0 heterocycles. The molecule has 0 nitrogen and oxygen atoms in total. The lowest BCUT2D eigenvalue weighted by molar-refractivity contribution is 1.68. The summed E-state index contributed by atoms with van der Waals surface area (Å²) >= 11 is 36.6. The van der Waals surface area contributed by atoms with Crippen molar-refractivity contribution in [3.63, 3.8) is 0 Å². The zero-order valence-electron chi connectivity index (χ0n) is 16.0. The summed E-state index contributed by atoms with van der Waals surface area (Å²) in [5.74, 6) is 0. The molecule has 0 aliphatic heterocycles. The van der Waals surface area contributed by atoms with Gasteiger partial charge in [0.25, 0.3) is 0 Å². The Morgan fingerprint density at radius 2 is 0.906 bits per heavy atom. The van der Waals surface area contributed by atoms with Crippen molar-refractivity contribution < 1.29 is 0 Å². The number of thiol groups is 2. The first-order chi connectivity index (χ1) is 15.5. The van der Waals surface area contributed by atoms with Crippen molar-refractivity contribution in [2.75, 3.05) is 0 Å². The lowest BCUT2D eigenvalue weighted by Gasteiger charge is -2.24. The summed E-state index contributed by atoms with van der Waals surface area (Å²) in [7, 11) is 0. The quantitative estimate of drug-likeness (QED) is 0.110. The highest BCUT2D eigenvalue weighted by molar-refractivity contribution is 7.88. The number of hydrogen-bond acceptors (Lipinski definition) is 2. The first kappa shape index (κ1) is 19.9. The van der Waals surface area contributed by atoms with Crippen molar-refractivity contribution in [2.24, 2.45) is 0 Å². The third-order valence-electron chi connectivity index (χ3n) is 6.81. The van der Waals surface area contributed by atoms with Gasteiger partial charge in [0.2, 0.25) is 0 Å². The van der Waals surface area contributed by atoms with Crippen LogP contribution in [0, 0.1) is 0 Å². The normalized spacial score (nSPS) is 14.3. The number of halogens is 4. The summed E-state index contributed by atoms with van der Waals surface area (Å²) in [6.07, 6.45) is 0. The summed E-state index contributed by atoms with van der Waals surface area (Å²) in [4.78, 5) is 0. The van der Waals surface area contributed by atoms with Crippen LogP contribution in [0.15, 0.2) is 36.4 Å². The second kappa shape index (κ2) is 6.54. The van der Waals surface area contributed by atoms with Gasteiger partial charge in [-0.1, -0.05) is 82.8 Å². The Morgan fingerprint density at radius 3 is 1.53 bits per heavy atom. The molecule has 7 aromatic carbocycles. The summed E-state index contributed by atoms with van der Waals surface area (Å²) in [5.41, 5.74) is 0. The van der Waals surface area contributed by atoms with E-state index < -0.39 is 0 Å². The fourth-order valence-electron chi connectivity index (χ4n) is 5.59. The Hall–Kier alpha value is -1.52. The van der Waals surface area contributed by atoms with E-state index in [1.54, 1.807) is 5.41 Å². The fraction of sp³-hybridized carbons (Fsp3) is 0.